The first-order chi connectivity index (χ1) is 15.5. The zero-order chi connectivity index (χ0) is 22.1. The number of anilines is 2. The minimum Gasteiger partial charge on any atom is -0.385 e. The van der Waals surface area contributed by atoms with Gasteiger partial charge in [-0.05, 0) is 56.1 Å². The van der Waals surface area contributed by atoms with Gasteiger partial charge in [-0.15, -0.1) is 0 Å². The van der Waals surface area contributed by atoms with Gasteiger partial charge >= 0.3 is 0 Å². The van der Waals surface area contributed by atoms with E-state index < -0.39 is 5.60 Å². The first kappa shape index (κ1) is 21.4. The van der Waals surface area contributed by atoms with Crippen molar-refractivity contribution in [2.45, 2.75) is 44.1 Å². The minimum atomic E-state index is -0.686. The highest BCUT2D eigenvalue weighted by atomic mass is 16.3. The Balaban J connectivity index is 1.27. The van der Waals surface area contributed by atoms with Crippen LogP contribution in [0.15, 0.2) is 42.6 Å². The molecule has 1 atom stereocenters. The van der Waals surface area contributed by atoms with Crippen LogP contribution in [0.5, 0.6) is 0 Å². The van der Waals surface area contributed by atoms with E-state index in [-0.39, 0.29) is 11.8 Å². The molecule has 1 unspecified atom stereocenters. The molecule has 0 spiro atoms. The average molecular weight is 435 g/mol. The van der Waals surface area contributed by atoms with Gasteiger partial charge in [-0.1, -0.05) is 25.0 Å². The fourth-order valence-electron chi connectivity index (χ4n) is 5.54. The highest BCUT2D eigenvalue weighted by Crippen LogP contribution is 2.39. The maximum atomic E-state index is 13.3. The van der Waals surface area contributed by atoms with Gasteiger partial charge in [-0.2, -0.15) is 0 Å². The second kappa shape index (κ2) is 8.83. The summed E-state index contributed by atoms with van der Waals surface area (Å²) in [6.07, 6.45) is 7.20. The number of aromatic nitrogens is 1. The molecule has 3 heterocycles. The number of nitrogens with zero attached hydrogens (tertiary/aromatic N) is 4. The first-order valence-corrected chi connectivity index (χ1v) is 12.1. The van der Waals surface area contributed by atoms with Gasteiger partial charge in [0, 0.05) is 56.9 Å². The van der Waals surface area contributed by atoms with E-state index in [1.165, 1.54) is 5.69 Å². The zero-order valence-electron chi connectivity index (χ0n) is 19.0. The van der Waals surface area contributed by atoms with E-state index in [0.29, 0.717) is 6.42 Å². The Hall–Kier alpha value is -2.44. The Bertz CT molecular complexity index is 947. The molecule has 5 rings (SSSR count). The van der Waals surface area contributed by atoms with Gasteiger partial charge in [-0.3, -0.25) is 9.78 Å². The fraction of sp³-hybridized carbons (Fsp3) is 0.538. The minimum absolute atomic E-state index is 0.0326. The van der Waals surface area contributed by atoms with Crippen molar-refractivity contribution in [3.8, 4) is 0 Å². The molecule has 0 radical (unpaired) electrons. The number of likely N-dealkylation sites (N-methyl/N-ethyl adjacent to an activating group) is 1. The van der Waals surface area contributed by atoms with Crippen molar-refractivity contribution in [3.05, 3.63) is 53.9 Å². The van der Waals surface area contributed by atoms with E-state index in [0.717, 1.165) is 81.8 Å². The van der Waals surface area contributed by atoms with Crippen LogP contribution in [0.3, 0.4) is 0 Å². The summed E-state index contributed by atoms with van der Waals surface area (Å²) in [5.74, 6) is 0.155. The van der Waals surface area contributed by atoms with Crippen molar-refractivity contribution in [1.29, 1.82) is 0 Å². The monoisotopic (exact) mass is 434 g/mol. The summed E-state index contributed by atoms with van der Waals surface area (Å²) < 4.78 is 0. The lowest BCUT2D eigenvalue weighted by atomic mass is 9.92. The van der Waals surface area contributed by atoms with Gasteiger partial charge < -0.3 is 19.8 Å². The van der Waals surface area contributed by atoms with Crippen LogP contribution in [-0.4, -0.2) is 60.7 Å². The number of piperazine rings is 1. The molecule has 1 amide bonds. The molecule has 1 aromatic heterocycles. The SMILES string of the molecule is CN1CCN(c2cccnc2CC2CCN(c3ccc(C4(O)CCCC4)cc3)C2=O)CC1. The molecule has 1 aromatic carbocycles. The summed E-state index contributed by atoms with van der Waals surface area (Å²) in [7, 11) is 2.16. The maximum absolute atomic E-state index is 13.3. The molecule has 6 heteroatoms. The topological polar surface area (TPSA) is 59.9 Å². The maximum Gasteiger partial charge on any atom is 0.230 e. The number of hydrogen-bond acceptors (Lipinski definition) is 5. The number of hydrogen-bond donors (Lipinski definition) is 1. The summed E-state index contributed by atoms with van der Waals surface area (Å²) in [6, 6.07) is 12.2. The van der Waals surface area contributed by atoms with Gasteiger partial charge in [0.25, 0.3) is 0 Å². The summed E-state index contributed by atoms with van der Waals surface area (Å²) in [5, 5.41) is 10.8. The third kappa shape index (κ3) is 4.14. The van der Waals surface area contributed by atoms with E-state index in [1.54, 1.807) is 0 Å². The Morgan fingerprint density at radius 1 is 1.03 bits per heavy atom. The van der Waals surface area contributed by atoms with E-state index in [1.807, 2.05) is 41.4 Å². The van der Waals surface area contributed by atoms with Crippen LogP contribution in [0, 0.1) is 5.92 Å². The van der Waals surface area contributed by atoms with E-state index in [2.05, 4.69) is 27.9 Å². The zero-order valence-corrected chi connectivity index (χ0v) is 19.0. The Kier molecular flexibility index (Phi) is 5.91. The van der Waals surface area contributed by atoms with Crippen LogP contribution in [-0.2, 0) is 16.8 Å². The van der Waals surface area contributed by atoms with Crippen LogP contribution in [0.1, 0.15) is 43.4 Å². The molecule has 1 aliphatic carbocycles. The molecule has 2 saturated heterocycles. The molecule has 170 valence electrons. The highest BCUT2D eigenvalue weighted by molar-refractivity contribution is 5.97. The van der Waals surface area contributed by atoms with Crippen molar-refractivity contribution in [2.24, 2.45) is 5.92 Å². The number of carbonyl (C=O) groups excluding carboxylic acids is 1. The predicted molar refractivity (Wildman–Crippen MR) is 127 cm³/mol. The van der Waals surface area contributed by atoms with Crippen molar-refractivity contribution in [2.75, 3.05) is 49.6 Å². The van der Waals surface area contributed by atoms with Gasteiger partial charge in [0.1, 0.15) is 0 Å². The van der Waals surface area contributed by atoms with Gasteiger partial charge in [0.2, 0.25) is 5.91 Å². The largest absolute Gasteiger partial charge is 0.385 e. The third-order valence-corrected chi connectivity index (χ3v) is 7.61. The van der Waals surface area contributed by atoms with E-state index in [4.69, 9.17) is 0 Å². The number of amides is 1. The van der Waals surface area contributed by atoms with Crippen molar-refractivity contribution in [1.82, 2.24) is 9.88 Å². The highest BCUT2D eigenvalue weighted by Gasteiger charge is 2.35. The van der Waals surface area contributed by atoms with Crippen LogP contribution < -0.4 is 9.80 Å². The molecule has 6 nitrogen and oxygen atoms in total. The lowest BCUT2D eigenvalue weighted by molar-refractivity contribution is -0.120. The molecule has 1 saturated carbocycles. The van der Waals surface area contributed by atoms with Crippen molar-refractivity contribution < 1.29 is 9.90 Å². The Labute approximate surface area is 190 Å². The molecular formula is C26H34N4O2. The Morgan fingerprint density at radius 3 is 2.47 bits per heavy atom. The van der Waals surface area contributed by atoms with Crippen molar-refractivity contribution >= 4 is 17.3 Å². The predicted octanol–water partition coefficient (Wildman–Crippen LogP) is 3.19. The lowest BCUT2D eigenvalue weighted by Crippen LogP contribution is -2.45. The summed E-state index contributed by atoms with van der Waals surface area (Å²) in [4.78, 5) is 24.6. The second-order valence-corrected chi connectivity index (χ2v) is 9.72. The second-order valence-electron chi connectivity index (χ2n) is 9.72. The molecule has 32 heavy (non-hydrogen) atoms. The molecular weight excluding hydrogens is 400 g/mol. The fourth-order valence-corrected chi connectivity index (χ4v) is 5.54. The number of pyridine rings is 1. The van der Waals surface area contributed by atoms with Crippen LogP contribution >= 0.6 is 0 Å². The molecule has 0 bridgehead atoms. The van der Waals surface area contributed by atoms with Gasteiger partial charge in [-0.25, -0.2) is 0 Å². The summed E-state index contributed by atoms with van der Waals surface area (Å²) >= 11 is 0. The number of aliphatic hydroxyl groups is 1. The first-order valence-electron chi connectivity index (χ1n) is 12.1. The van der Waals surface area contributed by atoms with E-state index >= 15 is 0 Å². The van der Waals surface area contributed by atoms with Gasteiger partial charge in [0.05, 0.1) is 17.0 Å². The average Bonchev–Trinajstić information content (AvgIpc) is 3.42. The summed E-state index contributed by atoms with van der Waals surface area (Å²) in [5.41, 5.74) is 3.45. The van der Waals surface area contributed by atoms with Crippen LogP contribution in [0.2, 0.25) is 0 Å². The van der Waals surface area contributed by atoms with E-state index in [9.17, 15) is 9.90 Å². The molecule has 1 N–H and O–H groups in total. The molecule has 2 aliphatic heterocycles. The number of benzene rings is 1. The summed E-state index contributed by atoms with van der Waals surface area (Å²) in [6.45, 7) is 4.84. The molecule has 2 aromatic rings. The van der Waals surface area contributed by atoms with Crippen LogP contribution in [0.25, 0.3) is 0 Å². The quantitative estimate of drug-likeness (QED) is 0.783. The number of rotatable bonds is 5. The smallest absolute Gasteiger partial charge is 0.230 e. The van der Waals surface area contributed by atoms with Gasteiger partial charge in [0.15, 0.2) is 0 Å². The third-order valence-electron chi connectivity index (χ3n) is 7.61. The number of carbonyl (C=O) groups is 1. The molecule has 3 fully saturated rings. The molecule has 3 aliphatic rings. The lowest BCUT2D eigenvalue weighted by Gasteiger charge is -2.35. The standard InChI is InChI=1S/C26H34N4O2/c1-28-15-17-29(18-16-28)24-5-4-13-27-23(24)19-20-10-14-30(25(20)31)22-8-6-21(7-9-22)26(32)11-2-3-12-26/h4-9,13,20,32H,2-3,10-12,14-19H2,1H3. The van der Waals surface area contributed by atoms with Crippen LogP contribution in [0.4, 0.5) is 11.4 Å². The van der Waals surface area contributed by atoms with Crippen molar-refractivity contribution in [3.63, 3.8) is 0 Å². The normalized spacial score (nSPS) is 23.8. The Morgan fingerprint density at radius 2 is 1.75 bits per heavy atom.